The summed E-state index contributed by atoms with van der Waals surface area (Å²) in [5.41, 5.74) is -2.12. The van der Waals surface area contributed by atoms with Crippen molar-refractivity contribution in [3.05, 3.63) is 92.9 Å². The molecule has 50 heavy (non-hydrogen) atoms. The van der Waals surface area contributed by atoms with Gasteiger partial charge in [0.1, 0.15) is 9.81 Å². The normalized spacial score (nSPS) is 23.4. The molecule has 2 atom stereocenters. The van der Waals surface area contributed by atoms with Crippen molar-refractivity contribution in [3.8, 4) is 0 Å². The Balaban J connectivity index is 1.68. The Morgan fingerprint density at radius 3 is 1.02 bits per heavy atom. The van der Waals surface area contributed by atoms with Crippen LogP contribution in [0.1, 0.15) is 0 Å². The molecule has 0 spiro atoms. The molecule has 4 aliphatic carbocycles. The number of hydrogen-bond acceptors (Lipinski definition) is 16. The summed E-state index contributed by atoms with van der Waals surface area (Å²) in [6.45, 7) is 0. The van der Waals surface area contributed by atoms with E-state index in [0.29, 0.717) is 36.5 Å². The van der Waals surface area contributed by atoms with Gasteiger partial charge < -0.3 is 9.47 Å². The van der Waals surface area contributed by atoms with Crippen LogP contribution >= 0.6 is 0 Å². The Morgan fingerprint density at radius 2 is 0.780 bits per heavy atom. The summed E-state index contributed by atoms with van der Waals surface area (Å²) in [6, 6.07) is 0. The molecule has 0 bridgehead atoms. The molecule has 4 rings (SSSR count). The molecule has 0 aliphatic heterocycles. The molecule has 28 heteroatoms. The summed E-state index contributed by atoms with van der Waals surface area (Å²) in [5, 5.41) is 0. The highest BCUT2D eigenvalue weighted by Gasteiger charge is 2.54. The topological polar surface area (TPSA) is 379 Å². The van der Waals surface area contributed by atoms with Crippen LogP contribution in [0.2, 0.25) is 0 Å². The second kappa shape index (κ2) is 11.9. The fourth-order valence-electron chi connectivity index (χ4n) is 4.68. The first-order chi connectivity index (χ1) is 22.3. The molecular weight excluding hydrogens is 809 g/mol. The zero-order valence-electron chi connectivity index (χ0n) is 23.6. The van der Waals surface area contributed by atoms with Crippen LogP contribution in [0.15, 0.2) is 92.9 Å². The SMILES string of the molecule is O=C(OC1C=C2C=CC(S(=O)(=O)O)(S(=O)(=O)O)C=C2C=C1S(=O)(=O)O)C(=O)OC1C=C2C=CC(S(=O)(=O)O)(S(=O)(=O)O)C=C2C=C1S(=O)(=O)O. The first-order valence-electron chi connectivity index (χ1n) is 12.3. The zero-order valence-corrected chi connectivity index (χ0v) is 28.5. The molecule has 2 unspecified atom stereocenters. The Morgan fingerprint density at radius 1 is 0.500 bits per heavy atom. The van der Waals surface area contributed by atoms with Gasteiger partial charge >= 0.3 is 11.9 Å². The molecule has 0 aromatic rings. The molecule has 0 saturated carbocycles. The first-order valence-corrected chi connectivity index (χ1v) is 21.0. The summed E-state index contributed by atoms with van der Waals surface area (Å²) < 4.78 is 203. The monoisotopic (exact) mass is 826 g/mol. The predicted molar refractivity (Wildman–Crippen MR) is 161 cm³/mol. The van der Waals surface area contributed by atoms with E-state index in [4.69, 9.17) is 9.47 Å². The molecule has 0 aromatic heterocycles. The van der Waals surface area contributed by atoms with Gasteiger partial charge in [-0.3, -0.25) is 27.3 Å². The Labute approximate surface area is 281 Å². The van der Waals surface area contributed by atoms with Gasteiger partial charge in [-0.05, 0) is 70.9 Å². The lowest BCUT2D eigenvalue weighted by atomic mass is 9.93. The van der Waals surface area contributed by atoms with Gasteiger partial charge in [-0.25, -0.2) is 9.59 Å². The van der Waals surface area contributed by atoms with Gasteiger partial charge in [0.15, 0.2) is 12.2 Å². The number of rotatable bonds is 8. The van der Waals surface area contributed by atoms with Crippen LogP contribution in [0, 0.1) is 0 Å². The fraction of sp³-hybridized carbons (Fsp3) is 0.182. The molecule has 274 valence electrons. The smallest absolute Gasteiger partial charge is 0.418 e. The maximum Gasteiger partial charge on any atom is 0.418 e. The number of esters is 2. The van der Waals surface area contributed by atoms with E-state index in [-0.39, 0.29) is 35.5 Å². The lowest BCUT2D eigenvalue weighted by Crippen LogP contribution is -2.44. The summed E-state index contributed by atoms with van der Waals surface area (Å²) in [7, 11) is -33.8. The van der Waals surface area contributed by atoms with Gasteiger partial charge in [0.25, 0.3) is 68.9 Å². The van der Waals surface area contributed by atoms with E-state index in [1.54, 1.807) is 0 Å². The van der Waals surface area contributed by atoms with E-state index in [0.717, 1.165) is 0 Å². The van der Waals surface area contributed by atoms with E-state index in [1.165, 1.54) is 0 Å². The van der Waals surface area contributed by atoms with Crippen LogP contribution < -0.4 is 0 Å². The minimum absolute atomic E-state index is 0.166. The highest BCUT2D eigenvalue weighted by atomic mass is 32.3. The number of ether oxygens (including phenoxy) is 2. The molecular formula is C22H18O22S6. The maximum absolute atomic E-state index is 12.7. The van der Waals surface area contributed by atoms with Crippen LogP contribution in [0.25, 0.3) is 0 Å². The zero-order chi connectivity index (χ0) is 38.3. The van der Waals surface area contributed by atoms with Gasteiger partial charge in [0, 0.05) is 0 Å². The van der Waals surface area contributed by atoms with Gasteiger partial charge in [-0.15, -0.1) is 0 Å². The summed E-state index contributed by atoms with van der Waals surface area (Å²) >= 11 is 0. The second-order valence-corrected chi connectivity index (χ2v) is 20.0. The third-order valence-corrected chi connectivity index (χ3v) is 15.7. The number of hydrogen-bond donors (Lipinski definition) is 6. The van der Waals surface area contributed by atoms with E-state index in [9.17, 15) is 87.4 Å². The number of fused-ring (bicyclic) bond motifs is 2. The fourth-order valence-corrected chi connectivity index (χ4v) is 10.2. The minimum Gasteiger partial charge on any atom is -0.444 e. The molecule has 0 fully saturated rings. The molecule has 0 amide bonds. The first kappa shape index (κ1) is 39.1. The lowest BCUT2D eigenvalue weighted by molar-refractivity contribution is -0.169. The van der Waals surface area contributed by atoms with E-state index < -0.39 is 114 Å². The largest absolute Gasteiger partial charge is 0.444 e. The average Bonchev–Trinajstić information content (AvgIpc) is 2.92. The van der Waals surface area contributed by atoms with Crippen LogP contribution in [-0.2, 0) is 79.8 Å². The molecule has 0 heterocycles. The van der Waals surface area contributed by atoms with Crippen molar-refractivity contribution in [3.63, 3.8) is 0 Å². The molecule has 6 N–H and O–H groups in total. The highest BCUT2D eigenvalue weighted by Crippen LogP contribution is 2.40. The van der Waals surface area contributed by atoms with Crippen LogP contribution in [0.5, 0.6) is 0 Å². The van der Waals surface area contributed by atoms with Gasteiger partial charge in [0.2, 0.25) is 0 Å². The third-order valence-electron chi connectivity index (χ3n) is 7.03. The Kier molecular flexibility index (Phi) is 9.35. The Hall–Kier alpha value is -3.68. The van der Waals surface area contributed by atoms with E-state index >= 15 is 0 Å². The van der Waals surface area contributed by atoms with Crippen molar-refractivity contribution in [1.82, 2.24) is 0 Å². The average molecular weight is 827 g/mol. The van der Waals surface area contributed by atoms with Gasteiger partial charge in [-0.2, -0.15) is 50.5 Å². The van der Waals surface area contributed by atoms with Crippen LogP contribution in [0.3, 0.4) is 0 Å². The van der Waals surface area contributed by atoms with Crippen molar-refractivity contribution in [2.45, 2.75) is 20.4 Å². The quantitative estimate of drug-likeness (QED) is 0.0890. The summed E-state index contributed by atoms with van der Waals surface area (Å²) in [6.07, 6.45) is -0.631. The van der Waals surface area contributed by atoms with Gasteiger partial charge in [-0.1, -0.05) is 12.2 Å². The summed E-state index contributed by atoms with van der Waals surface area (Å²) in [4.78, 5) is 22.6. The molecule has 4 aliphatic rings. The van der Waals surface area contributed by atoms with Crippen molar-refractivity contribution in [2.75, 3.05) is 0 Å². The van der Waals surface area contributed by atoms with E-state index in [2.05, 4.69) is 0 Å². The van der Waals surface area contributed by atoms with Gasteiger partial charge in [0.05, 0.1) is 0 Å². The van der Waals surface area contributed by atoms with Crippen molar-refractivity contribution in [1.29, 1.82) is 0 Å². The molecule has 22 nitrogen and oxygen atoms in total. The minimum atomic E-state index is -5.72. The molecule has 0 aromatic carbocycles. The standard InChI is InChI=1S/C22H18O22S6/c23-19(43-15-5-11-1-3-21(47(31,32)33,48(34,35)36)9-13(11)7-17(15)45(25,26)27)20(24)44-16-6-12-2-4-22(49(37,38)39,50(40,41)42)10-14(12)8-18(16)46(28,29)30/h1-10,15-16H,(H,25,26,27)(H,28,29,30)(H,31,32,33)(H,34,35,36)(H,37,38,39)(H,40,41,42). The molecule has 0 radical (unpaired) electrons. The van der Waals surface area contributed by atoms with Crippen molar-refractivity contribution >= 4 is 72.6 Å². The summed E-state index contributed by atoms with van der Waals surface area (Å²) in [5.74, 6) is -4.27. The molecule has 0 saturated heterocycles. The van der Waals surface area contributed by atoms with Crippen LogP contribution in [0.4, 0.5) is 0 Å². The van der Waals surface area contributed by atoms with Crippen molar-refractivity contribution in [2.24, 2.45) is 0 Å². The van der Waals surface area contributed by atoms with Crippen molar-refractivity contribution < 1.29 is 96.9 Å². The second-order valence-electron chi connectivity index (χ2n) is 10.1. The van der Waals surface area contributed by atoms with Crippen LogP contribution in [-0.4, -0.2) is 110 Å². The number of allylic oxidation sites excluding steroid dienone is 8. The lowest BCUT2D eigenvalue weighted by Gasteiger charge is -2.29. The third kappa shape index (κ3) is 6.83. The maximum atomic E-state index is 12.7. The highest BCUT2D eigenvalue weighted by molar-refractivity contribution is 8.06. The predicted octanol–water partition coefficient (Wildman–Crippen LogP) is -1.83. The Bertz CT molecular complexity index is 2310. The van der Waals surface area contributed by atoms with E-state index in [1.807, 2.05) is 0 Å². The number of carbonyl (C=O) groups excluding carboxylic acids is 2. The number of carbonyl (C=O) groups is 2.